The van der Waals surface area contributed by atoms with Crippen LogP contribution in [0.25, 0.3) is 0 Å². The Kier molecular flexibility index (Phi) is 0.959. The average molecular weight is 201 g/mol. The average Bonchev–Trinajstić information content (AvgIpc) is 2.53. The molecule has 0 heterocycles. The number of hydrogen-bond acceptors (Lipinski definition) is 1. The van der Waals surface area contributed by atoms with E-state index in [0.29, 0.717) is 0 Å². The zero-order chi connectivity index (χ0) is 22.5. The van der Waals surface area contributed by atoms with Crippen LogP contribution >= 0.6 is 0 Å². The van der Waals surface area contributed by atoms with Crippen LogP contribution in [0.15, 0.2) is 30.2 Å². The summed E-state index contributed by atoms with van der Waals surface area (Å²) >= 11 is 0. The van der Waals surface area contributed by atoms with Crippen molar-refractivity contribution in [1.82, 2.24) is 4.90 Å². The van der Waals surface area contributed by atoms with Crippen molar-refractivity contribution in [2.45, 2.75) is 19.2 Å². The molecule has 1 heteroatoms. The Bertz CT molecular complexity index is 772. The third-order valence-corrected chi connectivity index (χ3v) is 1.26. The van der Waals surface area contributed by atoms with E-state index in [0.717, 1.165) is 0 Å². The molecule has 0 unspecified atom stereocenters. The minimum absolute atomic E-state index is 0.0479. The van der Waals surface area contributed by atoms with E-state index in [4.69, 9.17) is 25.6 Å². The molecule has 0 aliphatic heterocycles. The summed E-state index contributed by atoms with van der Waals surface area (Å²) < 4.78 is 109. The highest BCUT2D eigenvalue weighted by molar-refractivity contribution is 5.15. The molecule has 0 radical (unpaired) electrons. The summed E-state index contributed by atoms with van der Waals surface area (Å²) in [6, 6.07) is -8.53. The Hall–Kier alpha value is -1.26. The SMILES string of the molecule is [2H]c1c([2H])c([2H])c(C([2H])([2H])[C@]([2H])(N(CC#C)C([2H])([2H])[2H])C([2H])([2H])[2H])c([2H])c1[2H]. The molecule has 1 rings (SSSR count). The molecule has 0 fully saturated rings. The molecule has 0 saturated carbocycles. The minimum atomic E-state index is -3.63. The molecule has 14 heavy (non-hydrogen) atoms. The van der Waals surface area contributed by atoms with Gasteiger partial charge in [-0.25, -0.2) is 0 Å². The van der Waals surface area contributed by atoms with E-state index in [1.165, 1.54) is 0 Å². The molecule has 0 spiro atoms. The fourth-order valence-corrected chi connectivity index (χ4v) is 0.669. The van der Waals surface area contributed by atoms with E-state index in [1.54, 1.807) is 0 Å². The van der Waals surface area contributed by atoms with Gasteiger partial charge in [0, 0.05) is 18.4 Å². The van der Waals surface area contributed by atoms with Gasteiger partial charge in [-0.3, -0.25) is 4.90 Å². The number of benzene rings is 1. The van der Waals surface area contributed by atoms with Crippen LogP contribution in [-0.2, 0) is 6.37 Å². The summed E-state index contributed by atoms with van der Waals surface area (Å²) in [6.45, 7) is -7.93. The molecule has 0 bridgehead atoms. The lowest BCUT2D eigenvalue weighted by Crippen LogP contribution is -2.31. The van der Waals surface area contributed by atoms with Gasteiger partial charge in [-0.2, -0.15) is 0 Å². The van der Waals surface area contributed by atoms with Crippen LogP contribution in [0, 0.1) is 12.3 Å². The quantitative estimate of drug-likeness (QED) is 0.675. The van der Waals surface area contributed by atoms with Crippen molar-refractivity contribution in [1.29, 1.82) is 0 Å². The molecule has 1 aromatic carbocycles. The summed E-state index contributed by atoms with van der Waals surface area (Å²) in [6.07, 6.45) is 1.53. The van der Waals surface area contributed by atoms with Crippen molar-refractivity contribution in [3.8, 4) is 12.3 Å². The van der Waals surface area contributed by atoms with Crippen LogP contribution in [0.2, 0.25) is 0 Å². The second kappa shape index (κ2) is 5.47. The Labute approximate surface area is 106 Å². The van der Waals surface area contributed by atoms with Crippen LogP contribution in [0.1, 0.15) is 31.6 Å². The first kappa shape index (κ1) is 2.46. The van der Waals surface area contributed by atoms with Gasteiger partial charge in [0.05, 0.1) is 13.4 Å². The lowest BCUT2D eigenvalue weighted by atomic mass is 10.1. The molecule has 1 nitrogen and oxygen atoms in total. The second-order valence-electron chi connectivity index (χ2n) is 2.26. The fraction of sp³-hybridized carbons (Fsp3) is 0.385. The normalized spacial score (nSPS) is 32.0. The van der Waals surface area contributed by atoms with E-state index in [1.807, 2.05) is 5.92 Å². The van der Waals surface area contributed by atoms with Gasteiger partial charge in [0.2, 0.25) is 0 Å². The van der Waals surface area contributed by atoms with Crippen LogP contribution in [-0.4, -0.2) is 24.4 Å². The molecule has 0 amide bonds. The first-order valence-corrected chi connectivity index (χ1v) is 3.66. The number of terminal acetylenes is 1. The van der Waals surface area contributed by atoms with E-state index in [-0.39, 0.29) is 4.90 Å². The number of rotatable bonds is 4. The summed E-state index contributed by atoms with van der Waals surface area (Å²) in [5.41, 5.74) is -1.14. The third kappa shape index (κ3) is 3.24. The molecular formula is C13H17N. The van der Waals surface area contributed by atoms with Crippen molar-refractivity contribution < 1.29 is 19.2 Å². The fourth-order valence-electron chi connectivity index (χ4n) is 0.669. The molecule has 0 aliphatic rings. The second-order valence-corrected chi connectivity index (χ2v) is 2.26. The van der Waals surface area contributed by atoms with Crippen LogP contribution in [0.5, 0.6) is 0 Å². The molecule has 1 aromatic rings. The smallest absolute Gasteiger partial charge is 0.0626 e. The maximum absolute atomic E-state index is 8.41. The molecule has 74 valence electrons. The van der Waals surface area contributed by atoms with E-state index >= 15 is 0 Å². The Morgan fingerprint density at radius 1 is 1.71 bits per heavy atom. The maximum atomic E-state index is 8.41. The van der Waals surface area contributed by atoms with Crippen LogP contribution < -0.4 is 0 Å². The molecular weight excluding hydrogens is 170 g/mol. The van der Waals surface area contributed by atoms with Crippen molar-refractivity contribution >= 4 is 0 Å². The zero-order valence-corrected chi connectivity index (χ0v) is 7.23. The predicted octanol–water partition coefficient (Wildman–Crippen LogP) is 2.18. The van der Waals surface area contributed by atoms with Crippen molar-refractivity contribution in [2.75, 3.05) is 13.5 Å². The molecule has 0 aliphatic carbocycles. The van der Waals surface area contributed by atoms with Crippen LogP contribution in [0.4, 0.5) is 0 Å². The van der Waals surface area contributed by atoms with Gasteiger partial charge in [-0.1, -0.05) is 36.1 Å². The summed E-state index contributed by atoms with van der Waals surface area (Å²) in [7, 11) is 0. The highest BCUT2D eigenvalue weighted by atomic mass is 15.1. The first-order valence-electron chi connectivity index (χ1n) is 10.7. The molecule has 1 atom stereocenters. The predicted molar refractivity (Wildman–Crippen MR) is 61.1 cm³/mol. The van der Waals surface area contributed by atoms with Gasteiger partial charge in [-0.15, -0.1) is 6.42 Å². The molecule has 0 saturated heterocycles. The van der Waals surface area contributed by atoms with E-state index in [9.17, 15) is 0 Å². The monoisotopic (exact) mass is 201 g/mol. The maximum Gasteiger partial charge on any atom is 0.0626 e. The first-order chi connectivity index (χ1) is 12.4. The highest BCUT2D eigenvalue weighted by Crippen LogP contribution is 2.06. The van der Waals surface area contributed by atoms with Gasteiger partial charge in [0.25, 0.3) is 0 Å². The van der Waals surface area contributed by atoms with Crippen molar-refractivity contribution in [3.63, 3.8) is 0 Å². The third-order valence-electron chi connectivity index (χ3n) is 1.26. The van der Waals surface area contributed by atoms with Gasteiger partial charge in [-0.05, 0) is 25.8 Å². The van der Waals surface area contributed by atoms with E-state index in [2.05, 4.69) is 0 Å². The lowest BCUT2D eigenvalue weighted by molar-refractivity contribution is 0.287. The van der Waals surface area contributed by atoms with Gasteiger partial charge >= 0.3 is 0 Å². The lowest BCUT2D eigenvalue weighted by Gasteiger charge is -2.22. The van der Waals surface area contributed by atoms with Gasteiger partial charge in [0.15, 0.2) is 0 Å². The van der Waals surface area contributed by atoms with Gasteiger partial charge in [0.1, 0.15) is 0 Å². The van der Waals surface area contributed by atoms with Gasteiger partial charge < -0.3 is 0 Å². The van der Waals surface area contributed by atoms with Crippen molar-refractivity contribution in [3.05, 3.63) is 35.8 Å². The minimum Gasteiger partial charge on any atom is -0.292 e. The standard InChI is InChI=1S/C13H17N/c1-4-10-14(3)12(2)11-13-8-6-5-7-9-13/h1,5-9,12H,10-11H2,2-3H3/t12-/m1/s1/i2D3,3D3,5D,6D,7D,8D,9D,11D2,12D. The zero-order valence-electron chi connectivity index (χ0n) is 21.2. The topological polar surface area (TPSA) is 3.24 Å². The Balaban J connectivity index is 4.05. The summed E-state index contributed by atoms with van der Waals surface area (Å²) in [4.78, 5) is -0.0479. The summed E-state index contributed by atoms with van der Waals surface area (Å²) in [5, 5.41) is 0. The number of nitrogens with zero attached hydrogens (tertiary/aromatic N) is 1. The Morgan fingerprint density at radius 3 is 3.07 bits per heavy atom. The molecule has 0 aromatic heterocycles. The highest BCUT2D eigenvalue weighted by Gasteiger charge is 2.07. The van der Waals surface area contributed by atoms with E-state index < -0.39 is 68.5 Å². The van der Waals surface area contributed by atoms with Crippen molar-refractivity contribution in [2.24, 2.45) is 0 Å². The molecule has 0 N–H and O–H groups in total. The number of hydrogen-bond donors (Lipinski definition) is 0. The number of likely N-dealkylation sites (N-methyl/N-ethyl adjacent to an activating group) is 1. The Morgan fingerprint density at radius 2 is 2.50 bits per heavy atom. The van der Waals surface area contributed by atoms with Crippen LogP contribution in [0.3, 0.4) is 0 Å². The largest absolute Gasteiger partial charge is 0.292 e. The summed E-state index contributed by atoms with van der Waals surface area (Å²) in [5.74, 6) is 1.87.